The summed E-state index contributed by atoms with van der Waals surface area (Å²) in [5.41, 5.74) is 1.99. The van der Waals surface area contributed by atoms with Gasteiger partial charge in [-0.15, -0.1) is 0 Å². The molecule has 9 heteroatoms. The van der Waals surface area contributed by atoms with Gasteiger partial charge in [-0.1, -0.05) is 19.1 Å². The molecule has 2 aromatic rings. The predicted molar refractivity (Wildman–Crippen MR) is 124 cm³/mol. The zero-order valence-electron chi connectivity index (χ0n) is 19.1. The summed E-state index contributed by atoms with van der Waals surface area (Å²) in [5, 5.41) is 50.2. The summed E-state index contributed by atoms with van der Waals surface area (Å²) in [5.74, 6) is -0.274. The first-order valence-corrected chi connectivity index (χ1v) is 10.9. The number of aryl methyl sites for hydroxylation is 1. The van der Waals surface area contributed by atoms with Crippen LogP contribution in [-0.2, 0) is 0 Å². The van der Waals surface area contributed by atoms with Gasteiger partial charge < -0.3 is 0 Å². The van der Waals surface area contributed by atoms with E-state index < -0.39 is 0 Å². The maximum Gasteiger partial charge on any atom is 0.162 e. The van der Waals surface area contributed by atoms with Crippen molar-refractivity contribution in [3.63, 3.8) is 0 Å². The summed E-state index contributed by atoms with van der Waals surface area (Å²) in [6, 6.07) is 10.3. The first kappa shape index (κ1) is 23.0. The number of allylic oxidation sites excluding steroid dienone is 4. The molecule has 1 unspecified atom stereocenters. The Morgan fingerprint density at radius 2 is 1.46 bits per heavy atom. The van der Waals surface area contributed by atoms with Gasteiger partial charge in [0.25, 0.3) is 0 Å². The maximum absolute atomic E-state index is 9.84. The van der Waals surface area contributed by atoms with Crippen LogP contribution >= 0.6 is 0 Å². The van der Waals surface area contributed by atoms with Crippen LogP contribution in [0.4, 0.5) is 0 Å². The third kappa shape index (κ3) is 3.91. The van der Waals surface area contributed by atoms with Crippen molar-refractivity contribution < 1.29 is 0 Å². The van der Waals surface area contributed by atoms with Crippen LogP contribution in [-0.4, -0.2) is 9.97 Å². The van der Waals surface area contributed by atoms with Gasteiger partial charge >= 0.3 is 0 Å². The van der Waals surface area contributed by atoms with E-state index >= 15 is 0 Å². The maximum atomic E-state index is 9.84. The Balaban J connectivity index is 2.43. The summed E-state index contributed by atoms with van der Waals surface area (Å²) < 4.78 is 0. The molecule has 1 aromatic carbocycles. The van der Waals surface area contributed by atoms with Gasteiger partial charge in [0.1, 0.15) is 34.4 Å². The Kier molecular flexibility index (Phi) is 6.16. The van der Waals surface area contributed by atoms with Crippen LogP contribution in [0.5, 0.6) is 0 Å². The SMILES string of the molecule is Cc1nc2c3/c(c4/c(c2nc1C#N)=C/CC(C)\C(C#N)=C(C#N)/N=4)=N/C(C#N)=C(/C#N)CCC/C=3. The lowest BCUT2D eigenvalue weighted by Gasteiger charge is -2.11. The number of hydrogen-bond acceptors (Lipinski definition) is 9. The minimum Gasteiger partial charge on any atom is -0.248 e. The fourth-order valence-electron chi connectivity index (χ4n) is 4.18. The second-order valence-corrected chi connectivity index (χ2v) is 8.19. The highest BCUT2D eigenvalue weighted by Gasteiger charge is 2.19. The Hall–Kier alpha value is -5.17. The molecule has 0 bridgehead atoms. The van der Waals surface area contributed by atoms with Gasteiger partial charge in [-0.3, -0.25) is 0 Å². The topological polar surface area (TPSA) is 169 Å². The average molecular weight is 455 g/mol. The van der Waals surface area contributed by atoms with E-state index in [4.69, 9.17) is 0 Å². The van der Waals surface area contributed by atoms with Gasteiger partial charge in [0.2, 0.25) is 0 Å². The van der Waals surface area contributed by atoms with Gasteiger partial charge in [-0.25, -0.2) is 20.0 Å². The van der Waals surface area contributed by atoms with E-state index in [2.05, 4.69) is 38.2 Å². The van der Waals surface area contributed by atoms with Crippen molar-refractivity contribution in [2.24, 2.45) is 15.9 Å². The van der Waals surface area contributed by atoms with Crippen molar-refractivity contribution in [1.82, 2.24) is 9.97 Å². The number of nitriles is 5. The van der Waals surface area contributed by atoms with E-state index in [0.717, 1.165) is 0 Å². The quantitative estimate of drug-likeness (QED) is 0.578. The first-order valence-electron chi connectivity index (χ1n) is 10.9. The van der Waals surface area contributed by atoms with Gasteiger partial charge in [0.15, 0.2) is 17.1 Å². The molecule has 2 aliphatic rings. The molecular weight excluding hydrogens is 438 g/mol. The number of benzene rings is 1. The fourth-order valence-corrected chi connectivity index (χ4v) is 4.18. The van der Waals surface area contributed by atoms with E-state index in [9.17, 15) is 26.3 Å². The molecule has 0 N–H and O–H groups in total. The first-order chi connectivity index (χ1) is 17.0. The normalized spacial score (nSPS) is 25.2. The summed E-state index contributed by atoms with van der Waals surface area (Å²) >= 11 is 0. The lowest BCUT2D eigenvalue weighted by Crippen LogP contribution is -2.50. The largest absolute Gasteiger partial charge is 0.248 e. The fraction of sp³-hybridized carbons (Fsp3) is 0.269. The van der Waals surface area contributed by atoms with Crippen LogP contribution in [0.2, 0.25) is 0 Å². The molecule has 2 aliphatic heterocycles. The van der Waals surface area contributed by atoms with Crippen molar-refractivity contribution in [3.05, 3.63) is 55.1 Å². The molecule has 0 aliphatic carbocycles. The van der Waals surface area contributed by atoms with E-state index in [1.165, 1.54) is 0 Å². The van der Waals surface area contributed by atoms with Crippen LogP contribution in [0.25, 0.3) is 23.2 Å². The smallest absolute Gasteiger partial charge is 0.162 e. The molecule has 0 spiro atoms. The third-order valence-corrected chi connectivity index (χ3v) is 6.02. The Bertz CT molecular complexity index is 1820. The van der Waals surface area contributed by atoms with Crippen LogP contribution in [0, 0.1) is 69.5 Å². The Morgan fingerprint density at radius 3 is 2.09 bits per heavy atom. The van der Waals surface area contributed by atoms with Crippen LogP contribution in [0.1, 0.15) is 44.0 Å². The molecule has 9 nitrogen and oxygen atoms in total. The molecule has 0 fully saturated rings. The number of nitrogens with zero attached hydrogens (tertiary/aromatic N) is 9. The van der Waals surface area contributed by atoms with Gasteiger partial charge in [0, 0.05) is 10.4 Å². The number of hydrogen-bond donors (Lipinski definition) is 0. The highest BCUT2D eigenvalue weighted by molar-refractivity contribution is 5.78. The molecule has 1 aromatic heterocycles. The number of rotatable bonds is 0. The van der Waals surface area contributed by atoms with Crippen molar-refractivity contribution in [1.29, 1.82) is 26.3 Å². The van der Waals surface area contributed by atoms with Gasteiger partial charge in [0.05, 0.1) is 34.5 Å². The molecule has 0 saturated carbocycles. The van der Waals surface area contributed by atoms with Crippen molar-refractivity contribution in [3.8, 4) is 30.3 Å². The molecule has 35 heavy (non-hydrogen) atoms. The molecular formula is C26H17N9. The lowest BCUT2D eigenvalue weighted by molar-refractivity contribution is 0.724. The van der Waals surface area contributed by atoms with E-state index in [-0.39, 0.29) is 44.9 Å². The van der Waals surface area contributed by atoms with E-state index in [1.54, 1.807) is 6.92 Å². The van der Waals surface area contributed by atoms with Crippen molar-refractivity contribution >= 4 is 23.2 Å². The van der Waals surface area contributed by atoms with Crippen LogP contribution in [0.15, 0.2) is 32.5 Å². The molecule has 0 amide bonds. The van der Waals surface area contributed by atoms with Crippen molar-refractivity contribution in [2.45, 2.75) is 39.5 Å². The second-order valence-electron chi connectivity index (χ2n) is 8.19. The average Bonchev–Trinajstić information content (AvgIpc) is 2.95. The predicted octanol–water partition coefficient (Wildman–Crippen LogP) is 1.44. The number of aromatic nitrogens is 2. The minimum atomic E-state index is -0.274. The second kappa shape index (κ2) is 9.36. The summed E-state index contributed by atoms with van der Waals surface area (Å²) in [7, 11) is 0. The molecule has 3 heterocycles. The third-order valence-electron chi connectivity index (χ3n) is 6.02. The van der Waals surface area contributed by atoms with Gasteiger partial charge in [-0.2, -0.15) is 26.3 Å². The number of fused-ring (bicyclic) bond motifs is 6. The summed E-state index contributed by atoms with van der Waals surface area (Å²) in [6.45, 7) is 3.53. The molecule has 0 radical (unpaired) electrons. The highest BCUT2D eigenvalue weighted by Crippen LogP contribution is 2.20. The lowest BCUT2D eigenvalue weighted by atomic mass is 9.95. The molecule has 166 valence electrons. The molecule has 4 rings (SSSR count). The Labute approximate surface area is 200 Å². The Morgan fingerprint density at radius 1 is 0.800 bits per heavy atom. The van der Waals surface area contributed by atoms with E-state index in [0.29, 0.717) is 52.8 Å². The van der Waals surface area contributed by atoms with Crippen LogP contribution < -0.4 is 21.2 Å². The minimum absolute atomic E-state index is 0.0300. The summed E-state index contributed by atoms with van der Waals surface area (Å²) in [6.07, 6.45) is 5.76. The van der Waals surface area contributed by atoms with E-state index in [1.807, 2.05) is 31.2 Å². The van der Waals surface area contributed by atoms with Gasteiger partial charge in [-0.05, 0) is 38.5 Å². The highest BCUT2D eigenvalue weighted by atomic mass is 14.9. The summed E-state index contributed by atoms with van der Waals surface area (Å²) in [4.78, 5) is 18.4. The molecule has 0 saturated heterocycles. The zero-order chi connectivity index (χ0) is 25.1. The standard InChI is InChI=1S/C26H17N9/c1-14-7-8-18-25-23(32-15(2)20(11-29)33-25)17-6-4-3-5-16(9-27)21(12-30)34-24(17)26(18)35-22(13-31)19(14)10-28/h6,8,14H,3-5,7H2,1-2H3/b17-6+,18-8+,21-16+,22-19-,34-24-,35-26-. The van der Waals surface area contributed by atoms with Crippen molar-refractivity contribution in [2.75, 3.05) is 0 Å². The molecule has 1 atom stereocenters. The van der Waals surface area contributed by atoms with Crippen LogP contribution in [0.3, 0.4) is 0 Å². The zero-order valence-corrected chi connectivity index (χ0v) is 19.1. The monoisotopic (exact) mass is 455 g/mol.